The molecule has 1 fully saturated rings. The van der Waals surface area contributed by atoms with Gasteiger partial charge < -0.3 is 10.3 Å². The first-order valence-corrected chi connectivity index (χ1v) is 8.90. The molecular weight excluding hydrogens is 286 g/mol. The third kappa shape index (κ3) is 2.41. The Kier molecular flexibility index (Phi) is 3.35. The number of halogens is 1. The summed E-state index contributed by atoms with van der Waals surface area (Å²) in [7, 11) is -2.85. The number of aromatic nitrogens is 2. The number of hydrogen-bond donors (Lipinski definition) is 1. The van der Waals surface area contributed by atoms with Crippen molar-refractivity contribution in [1.82, 2.24) is 9.55 Å². The molecule has 0 spiro atoms. The lowest BCUT2D eigenvalue weighted by Crippen LogP contribution is -2.30. The Labute approximate surface area is 118 Å². The molecule has 0 saturated carbocycles. The zero-order chi connectivity index (χ0) is 13.6. The van der Waals surface area contributed by atoms with Crippen molar-refractivity contribution in [2.75, 3.05) is 11.5 Å². The summed E-state index contributed by atoms with van der Waals surface area (Å²) in [6.45, 7) is 0. The number of rotatable bonds is 1. The Morgan fingerprint density at radius 2 is 1.95 bits per heavy atom. The van der Waals surface area contributed by atoms with Crippen LogP contribution < -0.4 is 5.73 Å². The van der Waals surface area contributed by atoms with E-state index in [9.17, 15) is 8.42 Å². The van der Waals surface area contributed by atoms with E-state index in [2.05, 4.69) is 9.55 Å². The fraction of sp³-hybridized carbons (Fsp3) is 0.750. The van der Waals surface area contributed by atoms with E-state index in [-0.39, 0.29) is 23.6 Å². The van der Waals surface area contributed by atoms with Crippen LogP contribution in [-0.2, 0) is 16.3 Å². The second-order valence-corrected chi connectivity index (χ2v) is 8.12. The Morgan fingerprint density at radius 1 is 1.26 bits per heavy atom. The molecule has 19 heavy (non-hydrogen) atoms. The van der Waals surface area contributed by atoms with Crippen LogP contribution >= 0.6 is 11.6 Å². The molecule has 3 rings (SSSR count). The fourth-order valence-electron chi connectivity index (χ4n) is 3.09. The summed E-state index contributed by atoms with van der Waals surface area (Å²) in [6, 6.07) is 0. The van der Waals surface area contributed by atoms with Gasteiger partial charge in [-0.05, 0) is 32.1 Å². The summed E-state index contributed by atoms with van der Waals surface area (Å²) < 4.78 is 25.1. The van der Waals surface area contributed by atoms with Crippen LogP contribution in [0.25, 0.3) is 0 Å². The van der Waals surface area contributed by atoms with Gasteiger partial charge in [-0.1, -0.05) is 11.6 Å². The number of hydrogen-bond acceptors (Lipinski definition) is 4. The summed E-state index contributed by atoms with van der Waals surface area (Å²) in [5, 5.41) is 0.540. The van der Waals surface area contributed by atoms with Crippen molar-refractivity contribution < 1.29 is 8.42 Å². The lowest BCUT2D eigenvalue weighted by molar-refractivity contribution is 0.385. The van der Waals surface area contributed by atoms with Crippen LogP contribution in [0.3, 0.4) is 0 Å². The highest BCUT2D eigenvalue weighted by Gasteiger charge is 2.32. The average molecular weight is 304 g/mol. The third-order valence-electron chi connectivity index (χ3n) is 4.15. The van der Waals surface area contributed by atoms with Crippen molar-refractivity contribution in [1.29, 1.82) is 0 Å². The number of nitrogens with two attached hydrogens (primary N) is 1. The van der Waals surface area contributed by atoms with Crippen molar-refractivity contribution in [2.45, 2.75) is 44.2 Å². The van der Waals surface area contributed by atoms with E-state index in [1.807, 2.05) is 0 Å². The molecule has 1 aromatic heterocycles. The van der Waals surface area contributed by atoms with E-state index in [1.165, 1.54) is 0 Å². The van der Waals surface area contributed by atoms with Gasteiger partial charge in [0.25, 0.3) is 0 Å². The molecule has 3 heterocycles. The van der Waals surface area contributed by atoms with Gasteiger partial charge >= 0.3 is 0 Å². The standard InChI is InChI=1S/C12H18ClN3O2S/c13-11-9-2-1-3-10(14)16(9)12(15-11)8-4-6-19(17,18)7-5-8/h8,10H,1-7,14H2. The van der Waals surface area contributed by atoms with Crippen molar-refractivity contribution in [3.05, 3.63) is 16.7 Å². The smallest absolute Gasteiger partial charge is 0.150 e. The van der Waals surface area contributed by atoms with Crippen LogP contribution in [0.2, 0.25) is 5.15 Å². The summed E-state index contributed by atoms with van der Waals surface area (Å²) in [5.41, 5.74) is 7.18. The summed E-state index contributed by atoms with van der Waals surface area (Å²) >= 11 is 6.20. The molecule has 1 atom stereocenters. The van der Waals surface area contributed by atoms with E-state index in [0.29, 0.717) is 18.0 Å². The molecule has 1 aromatic rings. The van der Waals surface area contributed by atoms with Gasteiger partial charge in [0.05, 0.1) is 23.4 Å². The minimum atomic E-state index is -2.85. The van der Waals surface area contributed by atoms with Crippen LogP contribution in [0.15, 0.2) is 0 Å². The predicted molar refractivity (Wildman–Crippen MR) is 74.0 cm³/mol. The highest BCUT2D eigenvalue weighted by molar-refractivity contribution is 7.91. The van der Waals surface area contributed by atoms with E-state index < -0.39 is 9.84 Å². The molecule has 0 aromatic carbocycles. The number of fused-ring (bicyclic) bond motifs is 1. The highest BCUT2D eigenvalue weighted by Crippen LogP contribution is 2.35. The second-order valence-electron chi connectivity index (χ2n) is 5.46. The quantitative estimate of drug-likeness (QED) is 0.855. The topological polar surface area (TPSA) is 78.0 Å². The van der Waals surface area contributed by atoms with Gasteiger partial charge in [0, 0.05) is 5.92 Å². The van der Waals surface area contributed by atoms with Crippen molar-refractivity contribution in [3.8, 4) is 0 Å². The minimum Gasteiger partial charge on any atom is -0.314 e. The number of imidazole rings is 1. The lowest BCUT2D eigenvalue weighted by Gasteiger charge is -2.28. The average Bonchev–Trinajstić information content (AvgIpc) is 2.69. The van der Waals surface area contributed by atoms with E-state index >= 15 is 0 Å². The van der Waals surface area contributed by atoms with E-state index in [1.54, 1.807) is 0 Å². The molecule has 0 amide bonds. The molecule has 5 nitrogen and oxygen atoms in total. The Balaban J connectivity index is 1.94. The Morgan fingerprint density at radius 3 is 2.63 bits per heavy atom. The van der Waals surface area contributed by atoms with Crippen LogP contribution in [-0.4, -0.2) is 29.5 Å². The molecule has 0 radical (unpaired) electrons. The molecule has 7 heteroatoms. The van der Waals surface area contributed by atoms with Crippen molar-refractivity contribution in [2.24, 2.45) is 5.73 Å². The third-order valence-corrected chi connectivity index (χ3v) is 6.17. The molecule has 2 N–H and O–H groups in total. The first kappa shape index (κ1) is 13.4. The SMILES string of the molecule is NC1CCCc2c(Cl)nc(C3CCS(=O)(=O)CC3)n21. The summed E-state index contributed by atoms with van der Waals surface area (Å²) in [5.74, 6) is 1.54. The largest absolute Gasteiger partial charge is 0.314 e. The summed E-state index contributed by atoms with van der Waals surface area (Å²) in [4.78, 5) is 4.47. The van der Waals surface area contributed by atoms with Crippen LogP contribution in [0, 0.1) is 0 Å². The van der Waals surface area contributed by atoms with Gasteiger partial charge in [-0.2, -0.15) is 0 Å². The van der Waals surface area contributed by atoms with Gasteiger partial charge in [-0.25, -0.2) is 13.4 Å². The van der Waals surface area contributed by atoms with Gasteiger partial charge in [-0.15, -0.1) is 0 Å². The number of sulfone groups is 1. The first-order valence-electron chi connectivity index (χ1n) is 6.70. The van der Waals surface area contributed by atoms with E-state index in [0.717, 1.165) is 30.8 Å². The molecule has 1 unspecified atom stereocenters. The fourth-order valence-corrected chi connectivity index (χ4v) is 4.86. The zero-order valence-electron chi connectivity index (χ0n) is 10.7. The van der Waals surface area contributed by atoms with Crippen LogP contribution in [0.5, 0.6) is 0 Å². The van der Waals surface area contributed by atoms with Crippen molar-refractivity contribution >= 4 is 21.4 Å². The van der Waals surface area contributed by atoms with Gasteiger partial charge in [0.2, 0.25) is 0 Å². The normalized spacial score (nSPS) is 27.2. The maximum absolute atomic E-state index is 11.5. The maximum atomic E-state index is 11.5. The van der Waals surface area contributed by atoms with Crippen LogP contribution in [0.1, 0.15) is 49.3 Å². The van der Waals surface area contributed by atoms with Gasteiger partial charge in [0.1, 0.15) is 15.7 Å². The Bertz CT molecular complexity index is 582. The highest BCUT2D eigenvalue weighted by atomic mass is 35.5. The Hall–Kier alpha value is -0.590. The zero-order valence-corrected chi connectivity index (χ0v) is 12.3. The molecule has 0 bridgehead atoms. The van der Waals surface area contributed by atoms with E-state index in [4.69, 9.17) is 17.3 Å². The van der Waals surface area contributed by atoms with Crippen molar-refractivity contribution in [3.63, 3.8) is 0 Å². The molecule has 2 aliphatic rings. The molecule has 1 saturated heterocycles. The molecule has 2 aliphatic heterocycles. The maximum Gasteiger partial charge on any atom is 0.150 e. The molecule has 0 aliphatic carbocycles. The van der Waals surface area contributed by atoms with Gasteiger partial charge in [-0.3, -0.25) is 0 Å². The predicted octanol–water partition coefficient (Wildman–Crippen LogP) is 1.62. The lowest BCUT2D eigenvalue weighted by atomic mass is 10.0. The van der Waals surface area contributed by atoms with Crippen LogP contribution in [0.4, 0.5) is 0 Å². The molecular formula is C12H18ClN3O2S. The summed E-state index contributed by atoms with van der Waals surface area (Å²) in [6.07, 6.45) is 4.05. The second kappa shape index (κ2) is 4.75. The first-order chi connectivity index (χ1) is 8.98. The number of nitrogens with zero attached hydrogens (tertiary/aromatic N) is 2. The van der Waals surface area contributed by atoms with Gasteiger partial charge in [0.15, 0.2) is 5.15 Å². The molecule has 106 valence electrons. The minimum absolute atomic E-state index is 0.0720. The monoisotopic (exact) mass is 303 g/mol.